The number of sulfone groups is 1. The van der Waals surface area contributed by atoms with E-state index >= 15 is 0 Å². The van der Waals surface area contributed by atoms with E-state index in [-0.39, 0.29) is 11.7 Å². The molecule has 0 spiro atoms. The second-order valence-electron chi connectivity index (χ2n) is 6.78. The zero-order valence-corrected chi connectivity index (χ0v) is 17.5. The summed E-state index contributed by atoms with van der Waals surface area (Å²) in [4.78, 5) is 12.6. The number of halogens is 1. The Morgan fingerprint density at radius 2 is 1.66 bits per heavy atom. The number of benzene rings is 3. The van der Waals surface area contributed by atoms with E-state index in [0.29, 0.717) is 33.3 Å². The molecule has 5 nitrogen and oxygen atoms in total. The van der Waals surface area contributed by atoms with E-state index in [1.165, 1.54) is 6.26 Å². The quantitative estimate of drug-likeness (QED) is 0.581. The molecule has 3 aromatic rings. The average Bonchev–Trinajstić information content (AvgIpc) is 2.65. The first-order valence-electron chi connectivity index (χ1n) is 8.82. The first-order valence-corrected chi connectivity index (χ1v) is 11.3. The van der Waals surface area contributed by atoms with Crippen LogP contribution in [-0.4, -0.2) is 20.6 Å². The van der Waals surface area contributed by atoms with Crippen molar-refractivity contribution in [3.05, 3.63) is 88.4 Å². The number of amides is 1. The summed E-state index contributed by atoms with van der Waals surface area (Å²) in [5.74, 6) is 0.670. The van der Waals surface area contributed by atoms with E-state index in [9.17, 15) is 13.2 Å². The molecule has 0 fully saturated rings. The smallest absolute Gasteiger partial charge is 0.255 e. The molecule has 0 heterocycles. The summed E-state index contributed by atoms with van der Waals surface area (Å²) in [7, 11) is -3.13. The second kappa shape index (κ2) is 8.68. The van der Waals surface area contributed by atoms with Gasteiger partial charge in [-0.1, -0.05) is 41.4 Å². The number of anilines is 1. The fourth-order valence-electron chi connectivity index (χ4n) is 2.67. The van der Waals surface area contributed by atoms with Gasteiger partial charge in [-0.2, -0.15) is 0 Å². The summed E-state index contributed by atoms with van der Waals surface area (Å²) in [6.07, 6.45) is 1.17. The molecule has 0 aliphatic rings. The summed E-state index contributed by atoms with van der Waals surface area (Å²) >= 11 is 6.09. The van der Waals surface area contributed by atoms with Crippen LogP contribution in [-0.2, 0) is 15.6 Å². The van der Waals surface area contributed by atoms with Crippen LogP contribution in [0.1, 0.15) is 21.5 Å². The Balaban J connectivity index is 1.79. The summed E-state index contributed by atoms with van der Waals surface area (Å²) < 4.78 is 28.7. The molecular formula is C22H20ClNO4S. The Kier molecular flexibility index (Phi) is 6.25. The monoisotopic (exact) mass is 429 g/mol. The molecule has 0 radical (unpaired) electrons. The predicted molar refractivity (Wildman–Crippen MR) is 116 cm³/mol. The van der Waals surface area contributed by atoms with Gasteiger partial charge < -0.3 is 10.1 Å². The lowest BCUT2D eigenvalue weighted by Gasteiger charge is -2.13. The van der Waals surface area contributed by atoms with Gasteiger partial charge >= 0.3 is 0 Å². The minimum atomic E-state index is -3.13. The third-order valence-electron chi connectivity index (χ3n) is 4.08. The maximum absolute atomic E-state index is 12.6. The number of nitrogens with one attached hydrogen (secondary N) is 1. The molecule has 0 bridgehead atoms. The molecular weight excluding hydrogens is 410 g/mol. The van der Waals surface area contributed by atoms with Crippen LogP contribution >= 0.6 is 11.6 Å². The van der Waals surface area contributed by atoms with E-state index in [1.807, 2.05) is 31.2 Å². The third kappa shape index (κ3) is 6.07. The van der Waals surface area contributed by atoms with Crippen LogP contribution in [0.15, 0.2) is 66.7 Å². The highest BCUT2D eigenvalue weighted by Gasteiger charge is 2.13. The summed E-state index contributed by atoms with van der Waals surface area (Å²) in [5.41, 5.74) is 2.56. The molecule has 0 saturated carbocycles. The lowest BCUT2D eigenvalue weighted by molar-refractivity contribution is 0.102. The molecule has 1 amide bonds. The number of carbonyl (C=O) groups is 1. The Morgan fingerprint density at radius 3 is 2.28 bits per heavy atom. The van der Waals surface area contributed by atoms with Crippen molar-refractivity contribution in [2.24, 2.45) is 0 Å². The zero-order valence-electron chi connectivity index (χ0n) is 16.0. The molecule has 3 aromatic carbocycles. The Bertz CT molecular complexity index is 1120. The number of aryl methyl sites for hydroxylation is 1. The van der Waals surface area contributed by atoms with Gasteiger partial charge in [-0.25, -0.2) is 8.42 Å². The molecule has 0 atom stereocenters. The largest absolute Gasteiger partial charge is 0.455 e. The molecule has 1 N–H and O–H groups in total. The van der Waals surface area contributed by atoms with E-state index < -0.39 is 9.84 Å². The SMILES string of the molecule is Cc1ccc(Oc2ccc(Cl)cc2NC(=O)c2ccc(CS(C)(=O)=O)cc2)cc1. The Hall–Kier alpha value is -2.83. The van der Waals surface area contributed by atoms with Gasteiger partial charge in [-0.05, 0) is 55.0 Å². The van der Waals surface area contributed by atoms with Gasteiger partial charge in [0.25, 0.3) is 5.91 Å². The fourth-order valence-corrected chi connectivity index (χ4v) is 3.64. The topological polar surface area (TPSA) is 72.5 Å². The highest BCUT2D eigenvalue weighted by atomic mass is 35.5. The molecule has 0 saturated heterocycles. The molecule has 150 valence electrons. The van der Waals surface area contributed by atoms with Crippen LogP contribution in [0.5, 0.6) is 11.5 Å². The minimum Gasteiger partial charge on any atom is -0.455 e. The number of carbonyl (C=O) groups excluding carboxylic acids is 1. The second-order valence-corrected chi connectivity index (χ2v) is 9.35. The van der Waals surface area contributed by atoms with E-state index in [1.54, 1.807) is 42.5 Å². The summed E-state index contributed by atoms with van der Waals surface area (Å²) in [6.45, 7) is 1.99. The van der Waals surface area contributed by atoms with Crippen molar-refractivity contribution in [2.75, 3.05) is 11.6 Å². The van der Waals surface area contributed by atoms with E-state index in [0.717, 1.165) is 5.56 Å². The van der Waals surface area contributed by atoms with Crippen molar-refractivity contribution >= 4 is 33.0 Å². The first-order chi connectivity index (χ1) is 13.7. The van der Waals surface area contributed by atoms with Crippen molar-refractivity contribution in [1.82, 2.24) is 0 Å². The van der Waals surface area contributed by atoms with Crippen molar-refractivity contribution < 1.29 is 17.9 Å². The number of hydrogen-bond donors (Lipinski definition) is 1. The van der Waals surface area contributed by atoms with Gasteiger partial charge in [0.15, 0.2) is 15.6 Å². The van der Waals surface area contributed by atoms with Gasteiger partial charge in [0.1, 0.15) is 5.75 Å². The molecule has 29 heavy (non-hydrogen) atoms. The zero-order chi connectivity index (χ0) is 21.0. The lowest BCUT2D eigenvalue weighted by atomic mass is 10.1. The number of ether oxygens (including phenoxy) is 1. The maximum Gasteiger partial charge on any atom is 0.255 e. The Labute approximate surface area is 175 Å². The van der Waals surface area contributed by atoms with Crippen molar-refractivity contribution in [3.63, 3.8) is 0 Å². The van der Waals surface area contributed by atoms with Crippen LogP contribution in [0, 0.1) is 6.92 Å². The standard InChI is InChI=1S/C22H20ClNO4S/c1-15-3-10-19(11-4-15)28-21-12-9-18(23)13-20(21)24-22(25)17-7-5-16(6-8-17)14-29(2,26)27/h3-13H,14H2,1-2H3,(H,24,25). The number of rotatable bonds is 6. The minimum absolute atomic E-state index is 0.0717. The third-order valence-corrected chi connectivity index (χ3v) is 5.18. The predicted octanol–water partition coefficient (Wildman–Crippen LogP) is 5.24. The van der Waals surface area contributed by atoms with Gasteiger partial charge in [-0.15, -0.1) is 0 Å². The maximum atomic E-state index is 12.6. The summed E-state index contributed by atoms with van der Waals surface area (Å²) in [6, 6.07) is 18.9. The van der Waals surface area contributed by atoms with Crippen LogP contribution in [0.25, 0.3) is 0 Å². The van der Waals surface area contributed by atoms with E-state index in [2.05, 4.69) is 5.32 Å². The molecule has 0 aliphatic carbocycles. The molecule has 7 heteroatoms. The normalized spacial score (nSPS) is 11.1. The van der Waals surface area contributed by atoms with Crippen molar-refractivity contribution in [1.29, 1.82) is 0 Å². The lowest BCUT2D eigenvalue weighted by Crippen LogP contribution is -2.12. The van der Waals surface area contributed by atoms with Crippen molar-refractivity contribution in [3.8, 4) is 11.5 Å². The average molecular weight is 430 g/mol. The molecule has 0 aliphatic heterocycles. The van der Waals surface area contributed by atoms with Gasteiger partial charge in [0.05, 0.1) is 11.4 Å². The van der Waals surface area contributed by atoms with Gasteiger partial charge in [-0.3, -0.25) is 4.79 Å². The fraction of sp³-hybridized carbons (Fsp3) is 0.136. The van der Waals surface area contributed by atoms with Crippen LogP contribution < -0.4 is 10.1 Å². The molecule has 3 rings (SSSR count). The highest BCUT2D eigenvalue weighted by molar-refractivity contribution is 7.89. The summed E-state index contributed by atoms with van der Waals surface area (Å²) in [5, 5.41) is 3.26. The highest BCUT2D eigenvalue weighted by Crippen LogP contribution is 2.32. The van der Waals surface area contributed by atoms with Crippen LogP contribution in [0.3, 0.4) is 0 Å². The Morgan fingerprint density at radius 1 is 1.00 bits per heavy atom. The van der Waals surface area contributed by atoms with Crippen molar-refractivity contribution in [2.45, 2.75) is 12.7 Å². The van der Waals surface area contributed by atoms with E-state index in [4.69, 9.17) is 16.3 Å². The van der Waals surface area contributed by atoms with Gasteiger partial charge in [0.2, 0.25) is 0 Å². The number of hydrogen-bond acceptors (Lipinski definition) is 4. The molecule has 0 aromatic heterocycles. The van der Waals surface area contributed by atoms with Gasteiger partial charge in [0, 0.05) is 16.8 Å². The van der Waals surface area contributed by atoms with Crippen LogP contribution in [0.4, 0.5) is 5.69 Å². The molecule has 0 unspecified atom stereocenters. The van der Waals surface area contributed by atoms with Crippen LogP contribution in [0.2, 0.25) is 5.02 Å². The first kappa shape index (κ1) is 20.9.